The number of carbonyl (C=O) groups excluding carboxylic acids is 3. The molecule has 10 rings (SSSR count). The van der Waals surface area contributed by atoms with Crippen LogP contribution >= 0.6 is 0 Å². The molecule has 0 aromatic heterocycles. The van der Waals surface area contributed by atoms with E-state index in [2.05, 4.69) is 0 Å². The van der Waals surface area contributed by atoms with Crippen molar-refractivity contribution < 1.29 is 29.0 Å². The summed E-state index contributed by atoms with van der Waals surface area (Å²) in [7, 11) is 0. The van der Waals surface area contributed by atoms with Crippen molar-refractivity contribution >= 4 is 29.6 Å². The Hall–Kier alpha value is -4.66. The topological polar surface area (TPSA) is 107 Å². The van der Waals surface area contributed by atoms with Gasteiger partial charge < -0.3 is 19.6 Å². The van der Waals surface area contributed by atoms with Crippen molar-refractivity contribution in [2.45, 2.75) is 101 Å². The average Bonchev–Trinajstić information content (AvgIpc) is 3.75. The normalized spacial score (nSPS) is 31.7. The van der Waals surface area contributed by atoms with Crippen molar-refractivity contribution in [3.05, 3.63) is 101 Å². The second-order valence-corrected chi connectivity index (χ2v) is 16.0. The highest BCUT2D eigenvalue weighted by atomic mass is 16.6. The fraction of sp³-hybridized carbons (Fsp3) is 0.476. The summed E-state index contributed by atoms with van der Waals surface area (Å²) in [5.41, 5.74) is 4.58. The van der Waals surface area contributed by atoms with Crippen LogP contribution in [0.25, 0.3) is 0 Å². The second-order valence-electron chi connectivity index (χ2n) is 16.0. The van der Waals surface area contributed by atoms with E-state index in [1.807, 2.05) is 78.9 Å². The average molecular weight is 688 g/mol. The smallest absolute Gasteiger partial charge is 0.415 e. The number of likely N-dealkylation sites (tertiary alicyclic amines) is 1. The molecule has 3 aromatic rings. The van der Waals surface area contributed by atoms with Crippen molar-refractivity contribution in [3.8, 4) is 0 Å². The summed E-state index contributed by atoms with van der Waals surface area (Å²) in [5, 5.41) is 9.85. The molecule has 264 valence electrons. The predicted octanol–water partition coefficient (Wildman–Crippen LogP) is 6.54. The van der Waals surface area contributed by atoms with Gasteiger partial charge in [0.25, 0.3) is 0 Å². The lowest BCUT2D eigenvalue weighted by Crippen LogP contribution is -2.58. The molecule has 0 spiro atoms. The Labute approximate surface area is 298 Å². The zero-order valence-electron chi connectivity index (χ0n) is 28.8. The van der Waals surface area contributed by atoms with Crippen molar-refractivity contribution in [1.29, 1.82) is 0 Å². The largest absolute Gasteiger partial charge is 0.481 e. The molecule has 1 N–H and O–H groups in total. The molecule has 51 heavy (non-hydrogen) atoms. The number of benzene rings is 3. The number of anilines is 1. The maximum Gasteiger partial charge on any atom is 0.415 e. The summed E-state index contributed by atoms with van der Waals surface area (Å²) >= 11 is 0. The van der Waals surface area contributed by atoms with Crippen molar-refractivity contribution in [1.82, 2.24) is 9.80 Å². The van der Waals surface area contributed by atoms with Crippen LogP contribution in [0.3, 0.4) is 0 Å². The lowest BCUT2D eigenvalue weighted by Gasteiger charge is -2.53. The van der Waals surface area contributed by atoms with Gasteiger partial charge in [-0.25, -0.2) is 4.79 Å². The molecule has 4 aliphatic carbocycles. The van der Waals surface area contributed by atoms with Gasteiger partial charge in [-0.1, -0.05) is 72.8 Å². The molecule has 3 aromatic carbocycles. The molecule has 3 amide bonds. The Morgan fingerprint density at radius 2 is 1.33 bits per heavy atom. The molecule has 0 radical (unpaired) electrons. The molecule has 9 heteroatoms. The SMILES string of the molecule is O=C(O)C[C@H]1Cc2ccccc2CN1C(=O)[C@H]1CC[C@@H](c2ccccc2)N1C(=O)[C@H]1Cc2ccccc2N1C(=O)OC1C2CC3CC(C2)CC1C3. The van der Waals surface area contributed by atoms with Crippen molar-refractivity contribution in [2.24, 2.45) is 23.7 Å². The number of fused-ring (bicyclic) bond motifs is 2. The summed E-state index contributed by atoms with van der Waals surface area (Å²) in [4.78, 5) is 61.4. The minimum atomic E-state index is -0.962. The maximum absolute atomic E-state index is 15.2. The van der Waals surface area contributed by atoms with E-state index in [1.54, 1.807) is 14.7 Å². The van der Waals surface area contributed by atoms with Gasteiger partial charge in [-0.2, -0.15) is 0 Å². The van der Waals surface area contributed by atoms with Crippen LogP contribution in [0.1, 0.15) is 79.7 Å². The van der Waals surface area contributed by atoms with E-state index in [9.17, 15) is 19.5 Å². The first-order chi connectivity index (χ1) is 24.8. The van der Waals surface area contributed by atoms with E-state index in [0.29, 0.717) is 49.8 Å². The van der Waals surface area contributed by atoms with E-state index in [-0.39, 0.29) is 30.4 Å². The monoisotopic (exact) mass is 687 g/mol. The van der Waals surface area contributed by atoms with Crippen LogP contribution in [-0.2, 0) is 38.5 Å². The molecule has 7 aliphatic rings. The quantitative estimate of drug-likeness (QED) is 0.316. The van der Waals surface area contributed by atoms with Crippen LogP contribution in [0.5, 0.6) is 0 Å². The second kappa shape index (κ2) is 12.8. The zero-order valence-corrected chi connectivity index (χ0v) is 28.8. The predicted molar refractivity (Wildman–Crippen MR) is 190 cm³/mol. The van der Waals surface area contributed by atoms with Gasteiger partial charge in [0.1, 0.15) is 18.2 Å². The fourth-order valence-corrected chi connectivity index (χ4v) is 11.0. The third-order valence-electron chi connectivity index (χ3n) is 13.0. The Morgan fingerprint density at radius 1 is 0.686 bits per heavy atom. The van der Waals surface area contributed by atoms with E-state index < -0.39 is 30.2 Å². The number of para-hydroxylation sites is 1. The summed E-state index contributed by atoms with van der Waals surface area (Å²) in [6.45, 7) is 0.292. The fourth-order valence-electron chi connectivity index (χ4n) is 11.0. The Morgan fingerprint density at radius 3 is 2.04 bits per heavy atom. The number of aliphatic carboxylic acids is 1. The van der Waals surface area contributed by atoms with Gasteiger partial charge in [0.05, 0.1) is 18.2 Å². The van der Waals surface area contributed by atoms with E-state index in [0.717, 1.165) is 59.8 Å². The van der Waals surface area contributed by atoms with Crippen LogP contribution in [0, 0.1) is 23.7 Å². The molecule has 4 atom stereocenters. The van der Waals surface area contributed by atoms with E-state index >= 15 is 4.79 Å². The van der Waals surface area contributed by atoms with Crippen LogP contribution in [0.4, 0.5) is 10.5 Å². The minimum Gasteiger partial charge on any atom is -0.481 e. The first kappa shape index (κ1) is 32.3. The molecular formula is C42H45N3O6. The molecule has 5 fully saturated rings. The van der Waals surface area contributed by atoms with Crippen LogP contribution in [0.2, 0.25) is 0 Å². The number of hydrogen-bond donors (Lipinski definition) is 1. The van der Waals surface area contributed by atoms with Gasteiger partial charge in [0.2, 0.25) is 11.8 Å². The first-order valence-electron chi connectivity index (χ1n) is 18.9. The summed E-state index contributed by atoms with van der Waals surface area (Å²) < 4.78 is 6.46. The Balaban J connectivity index is 1.04. The standard InChI is InChI=1S/C42H45N3O6/c46-38(47)23-33-21-28-10-4-5-12-30(28)24-43(33)40(48)36-15-14-35(27-8-2-1-3-9-27)44(36)41(49)37-22-29-11-6-7-13-34(29)45(37)42(50)51-39-31-17-25-16-26(19-31)20-32(39)18-25/h1-13,25-26,31-33,35-37,39H,14-24H2,(H,46,47)/t25?,26?,31?,32?,33-,35+,36-,37-,39?/m1/s1. The van der Waals surface area contributed by atoms with E-state index in [1.165, 1.54) is 6.42 Å². The third-order valence-corrected chi connectivity index (χ3v) is 13.0. The third kappa shape index (κ3) is 5.69. The van der Waals surface area contributed by atoms with Crippen LogP contribution < -0.4 is 4.90 Å². The molecule has 4 saturated carbocycles. The summed E-state index contributed by atoms with van der Waals surface area (Å²) in [6, 6.07) is 22.8. The number of carboxylic acid groups (broad SMARTS) is 1. The first-order valence-corrected chi connectivity index (χ1v) is 18.9. The molecule has 9 nitrogen and oxygen atoms in total. The summed E-state index contributed by atoms with van der Waals surface area (Å²) in [6.07, 6.45) is 6.81. The van der Waals surface area contributed by atoms with Crippen molar-refractivity contribution in [3.63, 3.8) is 0 Å². The number of rotatable bonds is 6. The maximum atomic E-state index is 15.2. The van der Waals surface area contributed by atoms with Crippen LogP contribution in [0.15, 0.2) is 78.9 Å². The summed E-state index contributed by atoms with van der Waals surface area (Å²) in [5.74, 6) is 0.781. The highest BCUT2D eigenvalue weighted by molar-refractivity contribution is 6.02. The van der Waals surface area contributed by atoms with Gasteiger partial charge in [-0.15, -0.1) is 0 Å². The number of ether oxygens (including phenoxy) is 1. The van der Waals surface area contributed by atoms with Crippen molar-refractivity contribution in [2.75, 3.05) is 4.90 Å². The van der Waals surface area contributed by atoms with Gasteiger partial charge in [0.15, 0.2) is 0 Å². The van der Waals surface area contributed by atoms with Crippen LogP contribution in [-0.4, -0.2) is 63.0 Å². The zero-order chi connectivity index (χ0) is 34.8. The highest BCUT2D eigenvalue weighted by Crippen LogP contribution is 2.55. The van der Waals surface area contributed by atoms with Gasteiger partial charge in [-0.05, 0) is 103 Å². The minimum absolute atomic E-state index is 0.125. The lowest BCUT2D eigenvalue weighted by molar-refractivity contribution is -0.150. The van der Waals surface area contributed by atoms with Gasteiger partial charge >= 0.3 is 12.1 Å². The Kier molecular flexibility index (Phi) is 8.12. The van der Waals surface area contributed by atoms with E-state index in [4.69, 9.17) is 4.74 Å². The van der Waals surface area contributed by atoms with Gasteiger partial charge in [0, 0.05) is 19.0 Å². The molecule has 1 saturated heterocycles. The molecule has 4 bridgehead atoms. The molecule has 0 unspecified atom stereocenters. The number of nitrogens with zero attached hydrogens (tertiary/aromatic N) is 3. The number of carboxylic acids is 1. The van der Waals surface area contributed by atoms with Gasteiger partial charge in [-0.3, -0.25) is 19.3 Å². The molecule has 3 aliphatic heterocycles. The number of amides is 3. The number of carbonyl (C=O) groups is 4. The lowest BCUT2D eigenvalue weighted by atomic mass is 9.55. The number of hydrogen-bond acceptors (Lipinski definition) is 5. The molecular weight excluding hydrogens is 642 g/mol. The highest BCUT2D eigenvalue weighted by Gasteiger charge is 2.53. The molecule has 3 heterocycles. The Bertz CT molecular complexity index is 1830.